The monoisotopic (exact) mass is 230 g/mol. The van der Waals surface area contributed by atoms with E-state index in [-0.39, 0.29) is 0 Å². The van der Waals surface area contributed by atoms with Crippen molar-refractivity contribution in [3.8, 4) is 11.3 Å². The number of nitrogens with one attached hydrogen (secondary N) is 1. The molecule has 2 aromatic heterocycles. The van der Waals surface area contributed by atoms with Gasteiger partial charge in [0.2, 0.25) is 0 Å². The molecule has 0 radical (unpaired) electrons. The van der Waals surface area contributed by atoms with Crippen molar-refractivity contribution >= 4 is 0 Å². The fraction of sp³-hybridized carbons (Fsp3) is 0.385. The fourth-order valence-electron chi connectivity index (χ4n) is 1.77. The second kappa shape index (κ2) is 6.15. The van der Waals surface area contributed by atoms with Gasteiger partial charge in [0, 0.05) is 24.4 Å². The molecule has 3 N–H and O–H groups in total. The topological polar surface area (TPSA) is 67.6 Å². The lowest BCUT2D eigenvalue weighted by Gasteiger charge is -1.97. The number of hydrogen-bond donors (Lipinski definition) is 2. The molecule has 90 valence electrons. The van der Waals surface area contributed by atoms with Crippen LogP contribution in [0.25, 0.3) is 11.3 Å². The normalized spacial score (nSPS) is 10.6. The van der Waals surface area contributed by atoms with Gasteiger partial charge in [-0.1, -0.05) is 6.42 Å². The summed E-state index contributed by atoms with van der Waals surface area (Å²) < 4.78 is 0. The summed E-state index contributed by atoms with van der Waals surface area (Å²) in [5.74, 6) is 1.04. The third kappa shape index (κ3) is 3.39. The number of hydrogen-bond acceptors (Lipinski definition) is 3. The first kappa shape index (κ1) is 11.8. The maximum Gasteiger partial charge on any atom is 0.106 e. The van der Waals surface area contributed by atoms with E-state index in [2.05, 4.69) is 15.0 Å². The van der Waals surface area contributed by atoms with E-state index in [9.17, 15) is 0 Å². The highest BCUT2D eigenvalue weighted by molar-refractivity contribution is 5.56. The third-order valence-corrected chi connectivity index (χ3v) is 2.72. The number of imidazole rings is 1. The summed E-state index contributed by atoms with van der Waals surface area (Å²) in [5.41, 5.74) is 7.57. The zero-order chi connectivity index (χ0) is 11.9. The quantitative estimate of drug-likeness (QED) is 0.747. The number of aryl methyl sites for hydroxylation is 1. The van der Waals surface area contributed by atoms with Gasteiger partial charge in [0.1, 0.15) is 5.82 Å². The number of nitrogens with zero attached hydrogens (tertiary/aromatic N) is 2. The van der Waals surface area contributed by atoms with E-state index in [0.717, 1.165) is 42.9 Å². The summed E-state index contributed by atoms with van der Waals surface area (Å²) in [7, 11) is 0. The highest BCUT2D eigenvalue weighted by Crippen LogP contribution is 2.15. The molecular weight excluding hydrogens is 212 g/mol. The molecule has 0 fully saturated rings. The van der Waals surface area contributed by atoms with Gasteiger partial charge in [-0.15, -0.1) is 0 Å². The van der Waals surface area contributed by atoms with Crippen LogP contribution in [0.2, 0.25) is 0 Å². The Hall–Kier alpha value is -1.68. The summed E-state index contributed by atoms with van der Waals surface area (Å²) in [5, 5.41) is 0. The number of rotatable bonds is 6. The largest absolute Gasteiger partial charge is 0.342 e. The highest BCUT2D eigenvalue weighted by atomic mass is 14.9. The Morgan fingerprint density at radius 2 is 2.12 bits per heavy atom. The number of H-pyrrole nitrogens is 1. The standard InChI is InChI=1S/C13H18N4/c14-7-3-1-2-6-13-16-10-12(17-13)11-5-4-8-15-9-11/h4-5,8-10H,1-3,6-7,14H2,(H,16,17). The summed E-state index contributed by atoms with van der Waals surface area (Å²) in [4.78, 5) is 11.8. The van der Waals surface area contributed by atoms with Gasteiger partial charge in [-0.3, -0.25) is 4.98 Å². The van der Waals surface area contributed by atoms with E-state index in [1.54, 1.807) is 6.20 Å². The first-order valence-corrected chi connectivity index (χ1v) is 6.04. The predicted molar refractivity (Wildman–Crippen MR) is 68.4 cm³/mol. The van der Waals surface area contributed by atoms with Crippen LogP contribution in [0.5, 0.6) is 0 Å². The second-order valence-corrected chi connectivity index (χ2v) is 4.08. The second-order valence-electron chi connectivity index (χ2n) is 4.08. The van der Waals surface area contributed by atoms with E-state index in [0.29, 0.717) is 0 Å². The molecule has 4 nitrogen and oxygen atoms in total. The lowest BCUT2D eigenvalue weighted by molar-refractivity contribution is 0.673. The van der Waals surface area contributed by atoms with Crippen molar-refractivity contribution < 1.29 is 0 Å². The third-order valence-electron chi connectivity index (χ3n) is 2.72. The van der Waals surface area contributed by atoms with Gasteiger partial charge in [-0.25, -0.2) is 4.98 Å². The molecule has 0 atom stereocenters. The van der Waals surface area contributed by atoms with E-state index in [1.165, 1.54) is 6.42 Å². The molecule has 0 aliphatic rings. The van der Waals surface area contributed by atoms with Gasteiger partial charge >= 0.3 is 0 Å². The van der Waals surface area contributed by atoms with Gasteiger partial charge in [0.05, 0.1) is 11.9 Å². The van der Waals surface area contributed by atoms with Crippen molar-refractivity contribution in [2.45, 2.75) is 25.7 Å². The van der Waals surface area contributed by atoms with Crippen molar-refractivity contribution in [2.24, 2.45) is 5.73 Å². The lowest BCUT2D eigenvalue weighted by atomic mass is 10.2. The average molecular weight is 230 g/mol. The Balaban J connectivity index is 1.92. The van der Waals surface area contributed by atoms with E-state index in [4.69, 9.17) is 5.73 Å². The molecule has 4 heteroatoms. The Morgan fingerprint density at radius 3 is 2.88 bits per heavy atom. The zero-order valence-corrected chi connectivity index (χ0v) is 9.89. The molecule has 0 aliphatic heterocycles. The van der Waals surface area contributed by atoms with Crippen LogP contribution in [-0.2, 0) is 6.42 Å². The molecule has 2 aromatic rings. The Morgan fingerprint density at radius 1 is 1.18 bits per heavy atom. The molecule has 0 spiro atoms. The molecule has 0 unspecified atom stereocenters. The maximum absolute atomic E-state index is 5.46. The van der Waals surface area contributed by atoms with Crippen molar-refractivity contribution in [3.05, 3.63) is 36.5 Å². The number of nitrogens with two attached hydrogens (primary N) is 1. The molecule has 0 aromatic carbocycles. The molecule has 0 amide bonds. The minimum absolute atomic E-state index is 0.777. The molecule has 17 heavy (non-hydrogen) atoms. The fourth-order valence-corrected chi connectivity index (χ4v) is 1.77. The summed E-state index contributed by atoms with van der Waals surface area (Å²) >= 11 is 0. The van der Waals surface area contributed by atoms with E-state index < -0.39 is 0 Å². The van der Waals surface area contributed by atoms with Crippen molar-refractivity contribution in [1.82, 2.24) is 15.0 Å². The molecular formula is C13H18N4. The molecule has 0 aliphatic carbocycles. The van der Waals surface area contributed by atoms with Crippen molar-refractivity contribution in [2.75, 3.05) is 6.54 Å². The SMILES string of the molecule is NCCCCCc1ncc(-c2cccnc2)[nH]1. The van der Waals surface area contributed by atoms with Crippen molar-refractivity contribution in [1.29, 1.82) is 0 Å². The summed E-state index contributed by atoms with van der Waals surface area (Å²) in [6.45, 7) is 0.777. The van der Waals surface area contributed by atoms with Crippen LogP contribution in [0.3, 0.4) is 0 Å². The predicted octanol–water partition coefficient (Wildman–Crippen LogP) is 2.14. The summed E-state index contributed by atoms with van der Waals surface area (Å²) in [6, 6.07) is 3.95. The molecule has 0 bridgehead atoms. The Kier molecular flexibility index (Phi) is 4.27. The van der Waals surface area contributed by atoms with Crippen LogP contribution in [0.4, 0.5) is 0 Å². The molecule has 2 heterocycles. The van der Waals surface area contributed by atoms with Gasteiger partial charge in [-0.2, -0.15) is 0 Å². The molecule has 0 saturated carbocycles. The first-order chi connectivity index (χ1) is 8.40. The smallest absolute Gasteiger partial charge is 0.106 e. The van der Waals surface area contributed by atoms with Gasteiger partial charge in [0.15, 0.2) is 0 Å². The minimum atomic E-state index is 0.777. The van der Waals surface area contributed by atoms with Gasteiger partial charge in [0.25, 0.3) is 0 Å². The van der Waals surface area contributed by atoms with Gasteiger partial charge < -0.3 is 10.7 Å². The Labute approximate surface area is 101 Å². The van der Waals surface area contributed by atoms with Crippen molar-refractivity contribution in [3.63, 3.8) is 0 Å². The number of aromatic amines is 1. The summed E-state index contributed by atoms with van der Waals surface area (Å²) in [6.07, 6.45) is 9.86. The Bertz CT molecular complexity index is 436. The molecule has 2 rings (SSSR count). The van der Waals surface area contributed by atoms with Crippen LogP contribution >= 0.6 is 0 Å². The maximum atomic E-state index is 5.46. The van der Waals surface area contributed by atoms with E-state index >= 15 is 0 Å². The molecule has 0 saturated heterocycles. The van der Waals surface area contributed by atoms with E-state index in [1.807, 2.05) is 24.5 Å². The lowest BCUT2D eigenvalue weighted by Crippen LogP contribution is -1.98. The number of aromatic nitrogens is 3. The van der Waals surface area contributed by atoms with Crippen LogP contribution in [-0.4, -0.2) is 21.5 Å². The number of pyridine rings is 1. The van der Waals surface area contributed by atoms with Crippen LogP contribution < -0.4 is 5.73 Å². The van der Waals surface area contributed by atoms with Gasteiger partial charge in [-0.05, 0) is 31.5 Å². The van der Waals surface area contributed by atoms with Crippen LogP contribution in [0.1, 0.15) is 25.1 Å². The first-order valence-electron chi connectivity index (χ1n) is 6.04. The number of unbranched alkanes of at least 4 members (excludes halogenated alkanes) is 2. The zero-order valence-electron chi connectivity index (χ0n) is 9.89. The van der Waals surface area contributed by atoms with Crippen LogP contribution in [0.15, 0.2) is 30.7 Å². The average Bonchev–Trinajstić information content (AvgIpc) is 2.85. The highest BCUT2D eigenvalue weighted by Gasteiger charge is 2.02. The van der Waals surface area contributed by atoms with Crippen LogP contribution in [0, 0.1) is 0 Å². The minimum Gasteiger partial charge on any atom is -0.342 e.